The summed E-state index contributed by atoms with van der Waals surface area (Å²) in [5.41, 5.74) is 0.978. The van der Waals surface area contributed by atoms with Crippen molar-refractivity contribution in [2.24, 2.45) is 0 Å². The molecule has 2 unspecified atom stereocenters. The van der Waals surface area contributed by atoms with Crippen molar-refractivity contribution in [2.75, 3.05) is 39.3 Å². The van der Waals surface area contributed by atoms with Crippen LogP contribution >= 0.6 is 0 Å². The van der Waals surface area contributed by atoms with Gasteiger partial charge in [0.2, 0.25) is 29.7 Å². The van der Waals surface area contributed by atoms with E-state index in [0.29, 0.717) is 11.1 Å². The van der Waals surface area contributed by atoms with Crippen LogP contribution in [-0.2, 0) is 24.5 Å². The van der Waals surface area contributed by atoms with E-state index in [0.717, 1.165) is 0 Å². The number of hydrogen-bond acceptors (Lipinski definition) is 7. The van der Waals surface area contributed by atoms with Gasteiger partial charge in [0.05, 0.1) is 21.6 Å². The van der Waals surface area contributed by atoms with Crippen LogP contribution in [0.1, 0.15) is 48.6 Å². The fourth-order valence-corrected chi connectivity index (χ4v) is 10.5. The molecule has 2 aliphatic heterocycles. The van der Waals surface area contributed by atoms with Gasteiger partial charge in [0.25, 0.3) is 0 Å². The van der Waals surface area contributed by atoms with Crippen molar-refractivity contribution < 1.29 is 39.2 Å². The van der Waals surface area contributed by atoms with Crippen molar-refractivity contribution in [3.63, 3.8) is 0 Å². The molecule has 0 radical (unpaired) electrons. The van der Waals surface area contributed by atoms with E-state index in [4.69, 9.17) is 0 Å². The van der Waals surface area contributed by atoms with E-state index in [1.165, 1.54) is 97.1 Å². The summed E-state index contributed by atoms with van der Waals surface area (Å²) in [5.74, 6) is -3.08. The topological polar surface area (TPSA) is 91.8 Å². The molecule has 7 nitrogen and oxygen atoms in total. The molecular formula is C39H40F4N2O5S2. The zero-order chi connectivity index (χ0) is 37.1. The Bertz CT molecular complexity index is 1900. The third kappa shape index (κ3) is 7.73. The number of likely N-dealkylation sites (tertiary alicyclic amines) is 2. The molecule has 0 aromatic heterocycles. The van der Waals surface area contributed by atoms with Gasteiger partial charge in [-0.3, -0.25) is 4.79 Å². The van der Waals surface area contributed by atoms with Crippen molar-refractivity contribution in [1.29, 1.82) is 0 Å². The molecular weight excluding hydrogens is 717 g/mol. The summed E-state index contributed by atoms with van der Waals surface area (Å²) >= 11 is 0. The summed E-state index contributed by atoms with van der Waals surface area (Å²) in [5, 5.41) is -4.99. The Morgan fingerprint density at radius 2 is 0.846 bits per heavy atom. The Hall–Kier alpha value is -3.91. The number of carbonyl (C=O) groups is 1. The van der Waals surface area contributed by atoms with Crippen LogP contribution in [0.5, 0.6) is 0 Å². The SMILES string of the molecule is O=C(C(CN1CCC(F)(S(=O)(=O)c2ccccc2)CC1)c1ccc(F)cc1)C(CN1CCC(F)(S(=O)(=O)c2ccccc2)CC1)c1ccc(F)cc1. The molecule has 276 valence electrons. The Kier molecular flexibility index (Phi) is 11.1. The highest BCUT2D eigenvalue weighted by molar-refractivity contribution is 7.93. The van der Waals surface area contributed by atoms with E-state index in [9.17, 15) is 30.4 Å². The third-order valence-corrected chi connectivity index (χ3v) is 14.9. The molecule has 2 fully saturated rings. The first-order valence-electron chi connectivity index (χ1n) is 17.2. The molecule has 0 spiro atoms. The first kappa shape index (κ1) is 37.8. The van der Waals surface area contributed by atoms with E-state index in [1.54, 1.807) is 12.1 Å². The first-order valence-corrected chi connectivity index (χ1v) is 20.2. The zero-order valence-corrected chi connectivity index (χ0v) is 30.0. The highest BCUT2D eigenvalue weighted by Crippen LogP contribution is 2.40. The van der Waals surface area contributed by atoms with Gasteiger partial charge in [0.15, 0.2) is 0 Å². The van der Waals surface area contributed by atoms with Crippen LogP contribution in [0.4, 0.5) is 17.6 Å². The van der Waals surface area contributed by atoms with Crippen LogP contribution in [0, 0.1) is 11.6 Å². The van der Waals surface area contributed by atoms with E-state index in [1.807, 2.05) is 9.80 Å². The average Bonchev–Trinajstić information content (AvgIpc) is 3.15. The third-order valence-electron chi connectivity index (χ3n) is 10.4. The van der Waals surface area contributed by atoms with Gasteiger partial charge in [-0.15, -0.1) is 0 Å². The van der Waals surface area contributed by atoms with Crippen molar-refractivity contribution in [3.8, 4) is 0 Å². The summed E-state index contributed by atoms with van der Waals surface area (Å²) in [7, 11) is -8.58. The normalized spacial score (nSPS) is 19.5. The fraction of sp³-hybridized carbons (Fsp3) is 0.359. The highest BCUT2D eigenvalue weighted by Gasteiger charge is 2.49. The number of sulfone groups is 2. The molecule has 2 heterocycles. The number of hydrogen-bond donors (Lipinski definition) is 0. The van der Waals surface area contributed by atoms with E-state index < -0.39 is 53.1 Å². The van der Waals surface area contributed by atoms with Crippen LogP contribution in [-0.4, -0.2) is 81.7 Å². The maximum atomic E-state index is 16.1. The number of benzene rings is 4. The molecule has 0 bridgehead atoms. The van der Waals surface area contributed by atoms with Crippen LogP contribution in [0.25, 0.3) is 0 Å². The maximum Gasteiger partial charge on any atom is 0.217 e. The average molecular weight is 757 g/mol. The lowest BCUT2D eigenvalue weighted by Crippen LogP contribution is -2.49. The van der Waals surface area contributed by atoms with Gasteiger partial charge in [0, 0.05) is 65.0 Å². The molecule has 0 N–H and O–H groups in total. The number of piperidine rings is 2. The predicted molar refractivity (Wildman–Crippen MR) is 190 cm³/mol. The number of ketones is 1. The highest BCUT2D eigenvalue weighted by atomic mass is 32.2. The summed E-state index contributed by atoms with van der Waals surface area (Å²) < 4.78 is 113. The van der Waals surface area contributed by atoms with Crippen molar-refractivity contribution in [1.82, 2.24) is 9.80 Å². The van der Waals surface area contributed by atoms with Gasteiger partial charge in [-0.25, -0.2) is 34.4 Å². The molecule has 52 heavy (non-hydrogen) atoms. The van der Waals surface area contributed by atoms with E-state index >= 15 is 8.78 Å². The Morgan fingerprint density at radius 3 is 1.15 bits per heavy atom. The van der Waals surface area contributed by atoms with E-state index in [2.05, 4.69) is 0 Å². The van der Waals surface area contributed by atoms with Crippen molar-refractivity contribution in [3.05, 3.63) is 132 Å². The summed E-state index contributed by atoms with van der Waals surface area (Å²) in [6.45, 7) is 0.300. The van der Waals surface area contributed by atoms with Gasteiger partial charge >= 0.3 is 0 Å². The van der Waals surface area contributed by atoms with Gasteiger partial charge in [-0.2, -0.15) is 0 Å². The molecule has 2 aliphatic rings. The molecule has 13 heteroatoms. The summed E-state index contributed by atoms with van der Waals surface area (Å²) in [4.78, 5) is 18.2. The van der Waals surface area contributed by atoms with Crippen LogP contribution in [0.3, 0.4) is 0 Å². The number of halogens is 4. The molecule has 4 aromatic carbocycles. The standard InChI is InChI=1S/C39H40F4N2O5S2/c40-31-15-11-29(12-16-31)35(27-44-23-19-38(42,20-24-44)51(47,48)33-7-3-1-4-8-33)37(46)36(30-13-17-32(41)18-14-30)28-45-25-21-39(43,22-26-45)52(49,50)34-9-5-2-6-10-34/h1-18,35-36H,19-28H2. The smallest absolute Gasteiger partial charge is 0.217 e. The summed E-state index contributed by atoms with van der Waals surface area (Å²) in [6.07, 6.45) is -1.28. The van der Waals surface area contributed by atoms with Gasteiger partial charge in [-0.05, 0) is 59.7 Å². The van der Waals surface area contributed by atoms with Crippen molar-refractivity contribution >= 4 is 25.5 Å². The molecule has 2 saturated heterocycles. The lowest BCUT2D eigenvalue weighted by molar-refractivity contribution is -0.123. The maximum absolute atomic E-state index is 16.1. The number of rotatable bonds is 12. The Balaban J connectivity index is 1.23. The van der Waals surface area contributed by atoms with Gasteiger partial charge in [-0.1, -0.05) is 60.7 Å². The lowest BCUT2D eigenvalue weighted by atomic mass is 9.82. The Labute approximate surface area is 302 Å². The zero-order valence-electron chi connectivity index (χ0n) is 28.4. The summed E-state index contributed by atoms with van der Waals surface area (Å²) in [6, 6.07) is 25.8. The Morgan fingerprint density at radius 1 is 0.538 bits per heavy atom. The number of alkyl halides is 2. The van der Waals surface area contributed by atoms with Crippen LogP contribution in [0.15, 0.2) is 119 Å². The monoisotopic (exact) mass is 756 g/mol. The second-order valence-electron chi connectivity index (χ2n) is 13.6. The lowest BCUT2D eigenvalue weighted by Gasteiger charge is -2.39. The molecule has 6 rings (SSSR count). The second-order valence-corrected chi connectivity index (χ2v) is 18.0. The quantitative estimate of drug-likeness (QED) is 0.146. The first-order chi connectivity index (χ1) is 24.7. The molecule has 0 amide bonds. The molecule has 0 saturated carbocycles. The van der Waals surface area contributed by atoms with Crippen LogP contribution in [0.2, 0.25) is 0 Å². The minimum atomic E-state index is -4.29. The van der Waals surface area contributed by atoms with Gasteiger partial charge < -0.3 is 9.80 Å². The molecule has 0 aliphatic carbocycles. The minimum absolute atomic E-state index is 0.0371. The number of nitrogens with zero attached hydrogens (tertiary/aromatic N) is 2. The molecule has 4 aromatic rings. The van der Waals surface area contributed by atoms with Crippen molar-refractivity contribution in [2.45, 2.75) is 57.3 Å². The van der Waals surface area contributed by atoms with E-state index in [-0.39, 0.29) is 80.5 Å². The second kappa shape index (κ2) is 15.2. The van der Waals surface area contributed by atoms with Crippen LogP contribution < -0.4 is 0 Å². The predicted octanol–water partition coefficient (Wildman–Crippen LogP) is 6.87. The number of Topliss-reactive ketones (excluding diaryl/α,β-unsaturated/α-hetero) is 1. The van der Waals surface area contributed by atoms with Gasteiger partial charge in [0.1, 0.15) is 17.4 Å². The number of carbonyl (C=O) groups excluding carboxylic acids is 1. The largest absolute Gasteiger partial charge is 0.302 e. The minimum Gasteiger partial charge on any atom is -0.302 e. The fourth-order valence-electron chi connectivity index (χ4n) is 7.17. The molecule has 2 atom stereocenters.